The molecule has 0 bridgehead atoms. The molecular formula is C19H24FN. The van der Waals surface area contributed by atoms with Crippen LogP contribution in [0.15, 0.2) is 41.5 Å². The summed E-state index contributed by atoms with van der Waals surface area (Å²) in [5.41, 5.74) is 4.11. The van der Waals surface area contributed by atoms with Gasteiger partial charge in [-0.3, -0.25) is 4.90 Å². The molecule has 0 aromatic heterocycles. The molecule has 2 aliphatic heterocycles. The Morgan fingerprint density at radius 1 is 1.33 bits per heavy atom. The summed E-state index contributed by atoms with van der Waals surface area (Å²) in [6.07, 6.45) is 4.71. The number of allylic oxidation sites excluding steroid dienone is 1. The van der Waals surface area contributed by atoms with Crippen LogP contribution in [0.5, 0.6) is 0 Å². The summed E-state index contributed by atoms with van der Waals surface area (Å²) in [5, 5.41) is 0. The average Bonchev–Trinajstić information content (AvgIpc) is 3.00. The van der Waals surface area contributed by atoms with Crippen molar-refractivity contribution in [3.05, 3.63) is 52.6 Å². The molecule has 0 saturated carbocycles. The van der Waals surface area contributed by atoms with Crippen LogP contribution in [0.4, 0.5) is 4.39 Å². The quantitative estimate of drug-likeness (QED) is 0.710. The SMILES string of the molecule is CC(C)=C[C@H]1/C(=C(/F)c2cccc(C)c2)CN2CCC[C@H]12. The van der Waals surface area contributed by atoms with E-state index in [1.807, 2.05) is 31.2 Å². The van der Waals surface area contributed by atoms with E-state index >= 15 is 4.39 Å². The molecular weight excluding hydrogens is 261 g/mol. The van der Waals surface area contributed by atoms with Crippen LogP contribution in [-0.4, -0.2) is 24.0 Å². The van der Waals surface area contributed by atoms with E-state index in [1.165, 1.54) is 18.4 Å². The van der Waals surface area contributed by atoms with Gasteiger partial charge in [0.05, 0.1) is 0 Å². The fourth-order valence-electron chi connectivity index (χ4n) is 3.76. The smallest absolute Gasteiger partial charge is 0.131 e. The Kier molecular flexibility index (Phi) is 3.99. The molecule has 2 aliphatic rings. The van der Waals surface area contributed by atoms with Crippen LogP contribution in [0.25, 0.3) is 5.83 Å². The predicted octanol–water partition coefficient (Wildman–Crippen LogP) is 4.74. The first-order valence-corrected chi connectivity index (χ1v) is 7.91. The van der Waals surface area contributed by atoms with Crippen LogP contribution in [-0.2, 0) is 0 Å². The van der Waals surface area contributed by atoms with E-state index < -0.39 is 0 Å². The molecule has 0 amide bonds. The number of hydrogen-bond acceptors (Lipinski definition) is 1. The second kappa shape index (κ2) is 5.76. The highest BCUT2D eigenvalue weighted by atomic mass is 19.1. The molecule has 2 heteroatoms. The molecule has 2 saturated heterocycles. The highest BCUT2D eigenvalue weighted by Crippen LogP contribution is 2.41. The first-order chi connectivity index (χ1) is 10.1. The number of benzene rings is 1. The number of nitrogens with zero attached hydrogens (tertiary/aromatic N) is 1. The summed E-state index contributed by atoms with van der Waals surface area (Å²) in [4.78, 5) is 2.45. The zero-order chi connectivity index (χ0) is 15.0. The lowest BCUT2D eigenvalue weighted by atomic mass is 9.90. The summed E-state index contributed by atoms with van der Waals surface area (Å²) in [6, 6.07) is 8.30. The Labute approximate surface area is 127 Å². The molecule has 21 heavy (non-hydrogen) atoms. The van der Waals surface area contributed by atoms with Crippen LogP contribution in [0.1, 0.15) is 37.8 Å². The van der Waals surface area contributed by atoms with Crippen molar-refractivity contribution in [3.63, 3.8) is 0 Å². The maximum atomic E-state index is 15.1. The minimum absolute atomic E-state index is 0.00407. The molecule has 0 unspecified atom stereocenters. The zero-order valence-corrected chi connectivity index (χ0v) is 13.2. The van der Waals surface area contributed by atoms with Crippen molar-refractivity contribution in [1.29, 1.82) is 0 Å². The van der Waals surface area contributed by atoms with Gasteiger partial charge in [0, 0.05) is 24.1 Å². The van der Waals surface area contributed by atoms with Crippen LogP contribution >= 0.6 is 0 Å². The van der Waals surface area contributed by atoms with Crippen molar-refractivity contribution in [2.24, 2.45) is 5.92 Å². The van der Waals surface area contributed by atoms with Crippen molar-refractivity contribution in [2.45, 2.75) is 39.7 Å². The van der Waals surface area contributed by atoms with Crippen LogP contribution in [0.3, 0.4) is 0 Å². The van der Waals surface area contributed by atoms with Gasteiger partial charge in [0.1, 0.15) is 5.83 Å². The lowest BCUT2D eigenvalue weighted by molar-refractivity contribution is 0.307. The summed E-state index contributed by atoms with van der Waals surface area (Å²) in [5.74, 6) is 0.244. The van der Waals surface area contributed by atoms with Gasteiger partial charge in [0.25, 0.3) is 0 Å². The molecule has 1 aromatic rings. The van der Waals surface area contributed by atoms with E-state index in [4.69, 9.17) is 0 Å². The van der Waals surface area contributed by atoms with Crippen LogP contribution in [0.2, 0.25) is 0 Å². The Bertz CT molecular complexity index is 595. The molecule has 1 nitrogen and oxygen atoms in total. The predicted molar refractivity (Wildman–Crippen MR) is 86.7 cm³/mol. The van der Waals surface area contributed by atoms with Crippen molar-refractivity contribution in [2.75, 3.05) is 13.1 Å². The third-order valence-electron chi connectivity index (χ3n) is 4.67. The molecule has 0 N–H and O–H groups in total. The molecule has 0 spiro atoms. The lowest BCUT2D eigenvalue weighted by Gasteiger charge is -2.18. The lowest BCUT2D eigenvalue weighted by Crippen LogP contribution is -2.25. The molecule has 2 heterocycles. The van der Waals surface area contributed by atoms with Gasteiger partial charge in [-0.1, -0.05) is 35.4 Å². The number of rotatable bonds is 2. The molecule has 0 radical (unpaired) electrons. The fraction of sp³-hybridized carbons (Fsp3) is 0.474. The van der Waals surface area contributed by atoms with Crippen LogP contribution in [0, 0.1) is 12.8 Å². The standard InChI is InChI=1S/C19H24FN/c1-13(2)10-16-17(12-21-9-5-8-18(16)21)19(20)15-7-4-6-14(3)11-15/h4,6-7,10-11,16,18H,5,8-9,12H2,1-3H3/b19-17+/t16-,18+/m0/s1. The van der Waals surface area contributed by atoms with E-state index in [1.54, 1.807) is 0 Å². The Morgan fingerprint density at radius 3 is 2.86 bits per heavy atom. The second-order valence-corrected chi connectivity index (χ2v) is 6.66. The topological polar surface area (TPSA) is 3.24 Å². The number of fused-ring (bicyclic) bond motifs is 1. The summed E-state index contributed by atoms with van der Waals surface area (Å²) >= 11 is 0. The van der Waals surface area contributed by atoms with Gasteiger partial charge >= 0.3 is 0 Å². The fourth-order valence-corrected chi connectivity index (χ4v) is 3.76. The first-order valence-electron chi connectivity index (χ1n) is 7.91. The molecule has 3 rings (SSSR count). The summed E-state index contributed by atoms with van der Waals surface area (Å²) < 4.78 is 15.1. The van der Waals surface area contributed by atoms with Gasteiger partial charge in [-0.05, 0) is 51.8 Å². The van der Waals surface area contributed by atoms with E-state index in [-0.39, 0.29) is 11.7 Å². The summed E-state index contributed by atoms with van der Waals surface area (Å²) in [6.45, 7) is 8.14. The van der Waals surface area contributed by atoms with Gasteiger partial charge in [-0.25, -0.2) is 4.39 Å². The third-order valence-corrected chi connectivity index (χ3v) is 4.67. The van der Waals surface area contributed by atoms with Crippen molar-refractivity contribution < 1.29 is 4.39 Å². The van der Waals surface area contributed by atoms with Crippen LogP contribution < -0.4 is 0 Å². The Balaban J connectivity index is 2.02. The van der Waals surface area contributed by atoms with Gasteiger partial charge < -0.3 is 0 Å². The Morgan fingerprint density at radius 2 is 2.14 bits per heavy atom. The molecule has 2 fully saturated rings. The molecule has 112 valence electrons. The zero-order valence-electron chi connectivity index (χ0n) is 13.2. The normalized spacial score (nSPS) is 27.6. The minimum atomic E-state index is -0.00407. The maximum absolute atomic E-state index is 15.1. The summed E-state index contributed by atoms with van der Waals surface area (Å²) in [7, 11) is 0. The molecule has 2 atom stereocenters. The van der Waals surface area contributed by atoms with Gasteiger partial charge in [0.15, 0.2) is 0 Å². The maximum Gasteiger partial charge on any atom is 0.131 e. The number of aryl methyl sites for hydroxylation is 1. The number of halogens is 1. The highest BCUT2D eigenvalue weighted by Gasteiger charge is 2.40. The van der Waals surface area contributed by atoms with E-state index in [9.17, 15) is 0 Å². The highest BCUT2D eigenvalue weighted by molar-refractivity contribution is 5.65. The Hall–Kier alpha value is -1.41. The molecule has 1 aromatic carbocycles. The minimum Gasteiger partial charge on any atom is -0.295 e. The first kappa shape index (κ1) is 14.5. The van der Waals surface area contributed by atoms with Gasteiger partial charge in [-0.2, -0.15) is 0 Å². The molecule has 0 aliphatic carbocycles. The second-order valence-electron chi connectivity index (χ2n) is 6.66. The van der Waals surface area contributed by atoms with E-state index in [0.717, 1.165) is 29.8 Å². The third kappa shape index (κ3) is 2.82. The van der Waals surface area contributed by atoms with Gasteiger partial charge in [-0.15, -0.1) is 0 Å². The van der Waals surface area contributed by atoms with Crippen molar-refractivity contribution in [3.8, 4) is 0 Å². The number of hydrogen-bond donors (Lipinski definition) is 0. The largest absolute Gasteiger partial charge is 0.295 e. The van der Waals surface area contributed by atoms with E-state index in [0.29, 0.717) is 6.04 Å². The van der Waals surface area contributed by atoms with Crippen molar-refractivity contribution in [1.82, 2.24) is 4.90 Å². The average molecular weight is 285 g/mol. The van der Waals surface area contributed by atoms with Gasteiger partial charge in [0.2, 0.25) is 0 Å². The monoisotopic (exact) mass is 285 g/mol. The van der Waals surface area contributed by atoms with Crippen molar-refractivity contribution >= 4 is 5.83 Å². The van der Waals surface area contributed by atoms with E-state index in [2.05, 4.69) is 24.8 Å².